The van der Waals surface area contributed by atoms with E-state index in [4.69, 9.17) is 5.11 Å². The van der Waals surface area contributed by atoms with E-state index in [2.05, 4.69) is 0 Å². The number of aryl methyl sites for hydroxylation is 1. The zero-order valence-electron chi connectivity index (χ0n) is 12.6. The van der Waals surface area contributed by atoms with Crippen molar-refractivity contribution in [3.8, 4) is 0 Å². The van der Waals surface area contributed by atoms with Crippen molar-refractivity contribution in [1.82, 2.24) is 4.90 Å². The molecule has 0 radical (unpaired) electrons. The Kier molecular flexibility index (Phi) is 4.83. The van der Waals surface area contributed by atoms with Crippen LogP contribution in [0.5, 0.6) is 0 Å². The molecule has 2 amide bonds. The second-order valence-electron chi connectivity index (χ2n) is 5.65. The van der Waals surface area contributed by atoms with Crippen LogP contribution in [0.3, 0.4) is 0 Å². The standard InChI is InChI=1S/C16H22N2O3/c1-12-7-9-14(10-8-12)18(11-15(19)20)16(21)17(2)13-5-3-4-6-13/h7-10,13H,3-6,11H2,1-2H3,(H,19,20). The van der Waals surface area contributed by atoms with Crippen molar-refractivity contribution in [2.45, 2.75) is 38.6 Å². The zero-order chi connectivity index (χ0) is 15.4. The highest BCUT2D eigenvalue weighted by molar-refractivity contribution is 5.96. The molecular formula is C16H22N2O3. The molecular weight excluding hydrogens is 268 g/mol. The van der Waals surface area contributed by atoms with Gasteiger partial charge in [-0.1, -0.05) is 30.5 Å². The van der Waals surface area contributed by atoms with Gasteiger partial charge in [0.1, 0.15) is 6.54 Å². The maximum atomic E-state index is 12.6. The Morgan fingerprint density at radius 1 is 1.19 bits per heavy atom. The number of nitrogens with zero attached hydrogens (tertiary/aromatic N) is 2. The normalized spacial score (nSPS) is 15.0. The Morgan fingerprint density at radius 2 is 1.76 bits per heavy atom. The van der Waals surface area contributed by atoms with Crippen LogP contribution in [0.1, 0.15) is 31.2 Å². The van der Waals surface area contributed by atoms with Crippen LogP contribution in [0, 0.1) is 6.92 Å². The van der Waals surface area contributed by atoms with Gasteiger partial charge < -0.3 is 10.0 Å². The first kappa shape index (κ1) is 15.4. The molecule has 21 heavy (non-hydrogen) atoms. The van der Waals surface area contributed by atoms with Gasteiger partial charge in [0.25, 0.3) is 0 Å². The molecule has 5 nitrogen and oxygen atoms in total. The Hall–Kier alpha value is -2.04. The Balaban J connectivity index is 2.20. The number of amides is 2. The molecule has 2 rings (SSSR count). The minimum atomic E-state index is -1.01. The molecule has 1 aliphatic carbocycles. The van der Waals surface area contributed by atoms with Gasteiger partial charge in [0, 0.05) is 18.8 Å². The highest BCUT2D eigenvalue weighted by atomic mass is 16.4. The summed E-state index contributed by atoms with van der Waals surface area (Å²) in [4.78, 5) is 26.7. The van der Waals surface area contributed by atoms with E-state index in [0.717, 1.165) is 31.2 Å². The predicted octanol–water partition coefficient (Wildman–Crippen LogP) is 2.88. The fraction of sp³-hybridized carbons (Fsp3) is 0.500. The van der Waals surface area contributed by atoms with Gasteiger partial charge in [-0.3, -0.25) is 9.69 Å². The van der Waals surface area contributed by atoms with Gasteiger partial charge in [-0.2, -0.15) is 0 Å². The minimum absolute atomic E-state index is 0.222. The Morgan fingerprint density at radius 3 is 2.29 bits per heavy atom. The van der Waals surface area contributed by atoms with Crippen LogP contribution in [0.15, 0.2) is 24.3 Å². The van der Waals surface area contributed by atoms with Crippen LogP contribution in [-0.2, 0) is 4.79 Å². The van der Waals surface area contributed by atoms with Crippen molar-refractivity contribution < 1.29 is 14.7 Å². The summed E-state index contributed by atoms with van der Waals surface area (Å²) in [5.74, 6) is -1.01. The summed E-state index contributed by atoms with van der Waals surface area (Å²) in [6, 6.07) is 7.32. The maximum absolute atomic E-state index is 12.6. The molecule has 0 saturated heterocycles. The van der Waals surface area contributed by atoms with Crippen LogP contribution in [0.25, 0.3) is 0 Å². The van der Waals surface area contributed by atoms with Crippen LogP contribution in [-0.4, -0.2) is 41.6 Å². The molecule has 0 spiro atoms. The summed E-state index contributed by atoms with van der Waals surface area (Å²) in [5, 5.41) is 9.08. The van der Waals surface area contributed by atoms with Gasteiger partial charge in [0.2, 0.25) is 0 Å². The molecule has 0 unspecified atom stereocenters. The largest absolute Gasteiger partial charge is 0.480 e. The number of hydrogen-bond donors (Lipinski definition) is 1. The molecule has 5 heteroatoms. The van der Waals surface area contributed by atoms with E-state index < -0.39 is 5.97 Å². The van der Waals surface area contributed by atoms with Crippen LogP contribution in [0.4, 0.5) is 10.5 Å². The topological polar surface area (TPSA) is 60.9 Å². The van der Waals surface area contributed by atoms with E-state index in [1.165, 1.54) is 4.90 Å². The number of carboxylic acid groups (broad SMARTS) is 1. The summed E-state index contributed by atoms with van der Waals surface area (Å²) in [6.07, 6.45) is 4.26. The molecule has 1 aromatic carbocycles. The van der Waals surface area contributed by atoms with Crippen LogP contribution < -0.4 is 4.90 Å². The lowest BCUT2D eigenvalue weighted by Crippen LogP contribution is -2.47. The molecule has 1 aromatic rings. The summed E-state index contributed by atoms with van der Waals surface area (Å²) in [7, 11) is 1.77. The van der Waals surface area contributed by atoms with Gasteiger partial charge in [-0.15, -0.1) is 0 Å². The third-order valence-electron chi connectivity index (χ3n) is 4.04. The lowest BCUT2D eigenvalue weighted by molar-refractivity contribution is -0.135. The second-order valence-corrected chi connectivity index (χ2v) is 5.65. The summed E-state index contributed by atoms with van der Waals surface area (Å²) >= 11 is 0. The number of anilines is 1. The van der Waals surface area contributed by atoms with Crippen molar-refractivity contribution in [2.75, 3.05) is 18.5 Å². The molecule has 114 valence electrons. The quantitative estimate of drug-likeness (QED) is 0.927. The molecule has 0 heterocycles. The molecule has 1 fully saturated rings. The Bertz CT molecular complexity index is 507. The number of aliphatic carboxylic acids is 1. The number of carbonyl (C=O) groups is 2. The highest BCUT2D eigenvalue weighted by Gasteiger charge is 2.28. The molecule has 0 aliphatic heterocycles. The monoisotopic (exact) mass is 290 g/mol. The maximum Gasteiger partial charge on any atom is 0.325 e. The van der Waals surface area contributed by atoms with Crippen LogP contribution >= 0.6 is 0 Å². The first-order chi connectivity index (χ1) is 9.99. The first-order valence-corrected chi connectivity index (χ1v) is 7.32. The zero-order valence-corrected chi connectivity index (χ0v) is 12.6. The third-order valence-corrected chi connectivity index (χ3v) is 4.04. The number of urea groups is 1. The SMILES string of the molecule is Cc1ccc(N(CC(=O)O)C(=O)N(C)C2CCCC2)cc1. The molecule has 0 atom stereocenters. The van der Waals surface area contributed by atoms with E-state index in [-0.39, 0.29) is 18.6 Å². The predicted molar refractivity (Wildman–Crippen MR) is 81.6 cm³/mol. The molecule has 1 saturated carbocycles. The van der Waals surface area contributed by atoms with Crippen molar-refractivity contribution in [2.24, 2.45) is 0 Å². The number of carbonyl (C=O) groups excluding carboxylic acids is 1. The lowest BCUT2D eigenvalue weighted by Gasteiger charge is -2.31. The summed E-state index contributed by atoms with van der Waals surface area (Å²) in [5.41, 5.74) is 1.70. The average molecular weight is 290 g/mol. The smallest absolute Gasteiger partial charge is 0.325 e. The lowest BCUT2D eigenvalue weighted by atomic mass is 10.2. The van der Waals surface area contributed by atoms with E-state index in [1.807, 2.05) is 19.1 Å². The molecule has 0 aromatic heterocycles. The summed E-state index contributed by atoms with van der Waals surface area (Å²) < 4.78 is 0. The van der Waals surface area contributed by atoms with E-state index in [0.29, 0.717) is 5.69 Å². The minimum Gasteiger partial charge on any atom is -0.480 e. The van der Waals surface area contributed by atoms with E-state index in [1.54, 1.807) is 24.1 Å². The van der Waals surface area contributed by atoms with Crippen LogP contribution in [0.2, 0.25) is 0 Å². The van der Waals surface area contributed by atoms with Gasteiger partial charge in [0.15, 0.2) is 0 Å². The van der Waals surface area contributed by atoms with Crippen molar-refractivity contribution in [1.29, 1.82) is 0 Å². The number of benzene rings is 1. The van der Waals surface area contributed by atoms with Gasteiger partial charge >= 0.3 is 12.0 Å². The van der Waals surface area contributed by atoms with Crippen molar-refractivity contribution in [3.05, 3.63) is 29.8 Å². The highest BCUT2D eigenvalue weighted by Crippen LogP contribution is 2.25. The van der Waals surface area contributed by atoms with Crippen molar-refractivity contribution >= 4 is 17.7 Å². The fourth-order valence-corrected chi connectivity index (χ4v) is 2.77. The number of hydrogen-bond acceptors (Lipinski definition) is 2. The fourth-order valence-electron chi connectivity index (χ4n) is 2.77. The third kappa shape index (κ3) is 3.74. The van der Waals surface area contributed by atoms with E-state index >= 15 is 0 Å². The Labute approximate surface area is 125 Å². The van der Waals surface area contributed by atoms with Gasteiger partial charge in [-0.05, 0) is 31.9 Å². The average Bonchev–Trinajstić information content (AvgIpc) is 2.98. The summed E-state index contributed by atoms with van der Waals surface area (Å²) in [6.45, 7) is 1.64. The van der Waals surface area contributed by atoms with Gasteiger partial charge in [-0.25, -0.2) is 4.79 Å². The van der Waals surface area contributed by atoms with Crippen molar-refractivity contribution in [3.63, 3.8) is 0 Å². The van der Waals surface area contributed by atoms with Gasteiger partial charge in [0.05, 0.1) is 0 Å². The number of rotatable bonds is 4. The molecule has 1 N–H and O–H groups in total. The second kappa shape index (κ2) is 6.61. The molecule has 1 aliphatic rings. The molecule has 0 bridgehead atoms. The van der Waals surface area contributed by atoms with E-state index in [9.17, 15) is 9.59 Å². The number of carboxylic acids is 1. The first-order valence-electron chi connectivity index (χ1n) is 7.32.